The zero-order valence-corrected chi connectivity index (χ0v) is 15.3. The van der Waals surface area contributed by atoms with Crippen LogP contribution in [0.4, 0.5) is 0 Å². The van der Waals surface area contributed by atoms with Crippen molar-refractivity contribution in [3.63, 3.8) is 0 Å². The Kier molecular flexibility index (Phi) is 4.92. The molecule has 1 N–H and O–H groups in total. The first-order valence-corrected chi connectivity index (χ1v) is 9.68. The van der Waals surface area contributed by atoms with E-state index in [0.717, 1.165) is 49.8 Å². The molecule has 1 aliphatic carbocycles. The molecule has 0 unspecified atom stereocenters. The molecule has 3 heterocycles. The summed E-state index contributed by atoms with van der Waals surface area (Å²) in [7, 11) is 0. The van der Waals surface area contributed by atoms with Crippen molar-refractivity contribution in [2.75, 3.05) is 13.1 Å². The molecule has 1 saturated heterocycles. The van der Waals surface area contributed by atoms with Crippen molar-refractivity contribution in [1.82, 2.24) is 19.7 Å². The molecule has 1 fully saturated rings. The highest BCUT2D eigenvalue weighted by atomic mass is 16.2. The van der Waals surface area contributed by atoms with Crippen LogP contribution in [0.2, 0.25) is 0 Å². The highest BCUT2D eigenvalue weighted by molar-refractivity contribution is 5.93. The van der Waals surface area contributed by atoms with Crippen LogP contribution in [0.25, 0.3) is 0 Å². The van der Waals surface area contributed by atoms with Gasteiger partial charge in [0.25, 0.3) is 11.5 Å². The Hall–Kier alpha value is -2.70. The molecule has 1 aliphatic heterocycles. The van der Waals surface area contributed by atoms with E-state index in [1.807, 2.05) is 4.90 Å². The molecule has 2 aromatic rings. The van der Waals surface area contributed by atoms with Crippen LogP contribution in [-0.4, -0.2) is 38.7 Å². The summed E-state index contributed by atoms with van der Waals surface area (Å²) in [5.74, 6) is 0.283. The van der Waals surface area contributed by atoms with Crippen LogP contribution in [0, 0.1) is 5.92 Å². The molecule has 0 spiro atoms. The Bertz CT molecular complexity index is 934. The zero-order chi connectivity index (χ0) is 18.8. The number of nitrogens with zero attached hydrogens (tertiary/aromatic N) is 3. The van der Waals surface area contributed by atoms with Crippen molar-refractivity contribution in [2.45, 2.75) is 45.1 Å². The van der Waals surface area contributed by atoms with E-state index in [2.05, 4.69) is 10.1 Å². The normalized spacial score (nSPS) is 17.6. The Morgan fingerprint density at radius 3 is 2.67 bits per heavy atom. The van der Waals surface area contributed by atoms with Crippen LogP contribution >= 0.6 is 0 Å². The maximum Gasteiger partial charge on any atom is 0.267 e. The van der Waals surface area contributed by atoms with Crippen LogP contribution in [0.3, 0.4) is 0 Å². The smallest absolute Gasteiger partial charge is 0.267 e. The second kappa shape index (κ2) is 7.50. The Morgan fingerprint density at radius 2 is 1.93 bits per heavy atom. The third-order valence-electron chi connectivity index (χ3n) is 5.64. The topological polar surface area (TPSA) is 88.1 Å². The standard InChI is InChI=1S/C20H24N4O3/c25-18-6-5-16(12-21-18)20(27)23-9-7-14(8-10-23)13-24-19(26)11-15-3-1-2-4-17(15)22-24/h5-6,11-12,14H,1-4,7-10,13H2,(H,21,25). The minimum Gasteiger partial charge on any atom is -0.339 e. The number of fused-ring (bicyclic) bond motifs is 1. The average molecular weight is 368 g/mol. The fourth-order valence-electron chi connectivity index (χ4n) is 4.02. The van der Waals surface area contributed by atoms with Crippen LogP contribution in [0.1, 0.15) is 47.3 Å². The number of rotatable bonds is 3. The monoisotopic (exact) mass is 368 g/mol. The van der Waals surface area contributed by atoms with Gasteiger partial charge in [0, 0.05) is 38.0 Å². The van der Waals surface area contributed by atoms with E-state index >= 15 is 0 Å². The van der Waals surface area contributed by atoms with Gasteiger partial charge in [0.15, 0.2) is 0 Å². The predicted octanol–water partition coefficient (Wildman–Crippen LogP) is 1.36. The minimum atomic E-state index is -0.215. The first-order valence-electron chi connectivity index (χ1n) is 9.68. The molecule has 7 heteroatoms. The highest BCUT2D eigenvalue weighted by Crippen LogP contribution is 2.21. The minimum absolute atomic E-state index is 0.0117. The number of likely N-dealkylation sites (tertiary alicyclic amines) is 1. The number of aromatic nitrogens is 3. The second-order valence-corrected chi connectivity index (χ2v) is 7.52. The molecule has 0 aromatic carbocycles. The molecule has 1 amide bonds. The number of piperidine rings is 1. The lowest BCUT2D eigenvalue weighted by atomic mass is 9.95. The van der Waals surface area contributed by atoms with Crippen LogP contribution < -0.4 is 11.1 Å². The van der Waals surface area contributed by atoms with Crippen LogP contribution in [0.5, 0.6) is 0 Å². The molecule has 0 radical (unpaired) electrons. The highest BCUT2D eigenvalue weighted by Gasteiger charge is 2.25. The largest absolute Gasteiger partial charge is 0.339 e. The molecular formula is C20H24N4O3. The maximum atomic E-state index is 12.5. The average Bonchev–Trinajstić information content (AvgIpc) is 2.69. The van der Waals surface area contributed by atoms with Gasteiger partial charge < -0.3 is 9.88 Å². The molecule has 0 saturated carbocycles. The molecule has 0 atom stereocenters. The summed E-state index contributed by atoms with van der Waals surface area (Å²) < 4.78 is 1.62. The van der Waals surface area contributed by atoms with Gasteiger partial charge in [-0.05, 0) is 56.1 Å². The summed E-state index contributed by atoms with van der Waals surface area (Å²) in [6.07, 6.45) is 7.36. The van der Waals surface area contributed by atoms with E-state index in [4.69, 9.17) is 0 Å². The molecule has 4 rings (SSSR count). The fraction of sp³-hybridized carbons (Fsp3) is 0.500. The lowest BCUT2D eigenvalue weighted by Crippen LogP contribution is -2.40. The number of nitrogens with one attached hydrogen (secondary N) is 1. The summed E-state index contributed by atoms with van der Waals surface area (Å²) in [5, 5.41) is 4.61. The number of hydrogen-bond acceptors (Lipinski definition) is 4. The molecule has 142 valence electrons. The lowest BCUT2D eigenvalue weighted by molar-refractivity contribution is 0.0680. The van der Waals surface area contributed by atoms with Crippen molar-refractivity contribution in [3.8, 4) is 0 Å². The van der Waals surface area contributed by atoms with Gasteiger partial charge in [-0.25, -0.2) is 4.68 Å². The van der Waals surface area contributed by atoms with E-state index in [1.165, 1.54) is 12.3 Å². The maximum absolute atomic E-state index is 12.5. The van der Waals surface area contributed by atoms with E-state index < -0.39 is 0 Å². The number of H-pyrrole nitrogens is 1. The Labute approximate surface area is 157 Å². The molecule has 2 aliphatic rings. The van der Waals surface area contributed by atoms with E-state index in [9.17, 15) is 14.4 Å². The van der Waals surface area contributed by atoms with Crippen LogP contribution in [0.15, 0.2) is 34.0 Å². The van der Waals surface area contributed by atoms with Crippen molar-refractivity contribution in [3.05, 3.63) is 61.9 Å². The number of carbonyl (C=O) groups excluding carboxylic acids is 1. The van der Waals surface area contributed by atoms with Gasteiger partial charge in [0.1, 0.15) is 0 Å². The van der Waals surface area contributed by atoms with Gasteiger partial charge in [0.2, 0.25) is 5.56 Å². The van der Waals surface area contributed by atoms with Crippen molar-refractivity contribution in [1.29, 1.82) is 0 Å². The summed E-state index contributed by atoms with van der Waals surface area (Å²) in [6.45, 7) is 1.93. The predicted molar refractivity (Wildman–Crippen MR) is 101 cm³/mol. The SMILES string of the molecule is O=C(c1ccc(=O)[nH]c1)N1CCC(Cn2nc3c(cc2=O)CCCC3)CC1. The Morgan fingerprint density at radius 1 is 1.15 bits per heavy atom. The number of aryl methyl sites for hydroxylation is 2. The lowest BCUT2D eigenvalue weighted by Gasteiger charge is -2.32. The number of pyridine rings is 1. The fourth-order valence-corrected chi connectivity index (χ4v) is 4.02. The summed E-state index contributed by atoms with van der Waals surface area (Å²) in [5.41, 5.74) is 2.46. The van der Waals surface area contributed by atoms with E-state index in [-0.39, 0.29) is 17.0 Å². The number of hydrogen-bond donors (Lipinski definition) is 1. The van der Waals surface area contributed by atoms with Gasteiger partial charge in [0.05, 0.1) is 11.3 Å². The molecule has 0 bridgehead atoms. The molecule has 2 aromatic heterocycles. The number of aromatic amines is 1. The summed E-state index contributed by atoms with van der Waals surface area (Å²) >= 11 is 0. The Balaban J connectivity index is 1.38. The van der Waals surface area contributed by atoms with Gasteiger partial charge in [-0.1, -0.05) is 0 Å². The second-order valence-electron chi connectivity index (χ2n) is 7.52. The van der Waals surface area contributed by atoms with Gasteiger partial charge >= 0.3 is 0 Å². The summed E-state index contributed by atoms with van der Waals surface area (Å²) in [6, 6.07) is 4.69. The van der Waals surface area contributed by atoms with E-state index in [0.29, 0.717) is 31.1 Å². The van der Waals surface area contributed by atoms with Crippen molar-refractivity contribution >= 4 is 5.91 Å². The quantitative estimate of drug-likeness (QED) is 0.886. The van der Waals surface area contributed by atoms with Crippen molar-refractivity contribution in [2.24, 2.45) is 5.92 Å². The van der Waals surface area contributed by atoms with Gasteiger partial charge in [-0.3, -0.25) is 14.4 Å². The van der Waals surface area contributed by atoms with Crippen molar-refractivity contribution < 1.29 is 4.79 Å². The molecule has 7 nitrogen and oxygen atoms in total. The first-order chi connectivity index (χ1) is 13.1. The number of amides is 1. The first kappa shape index (κ1) is 17.7. The van der Waals surface area contributed by atoms with Gasteiger partial charge in [-0.2, -0.15) is 5.10 Å². The molecular weight excluding hydrogens is 344 g/mol. The van der Waals surface area contributed by atoms with Crippen LogP contribution in [-0.2, 0) is 19.4 Å². The molecule has 27 heavy (non-hydrogen) atoms. The third kappa shape index (κ3) is 3.86. The third-order valence-corrected chi connectivity index (χ3v) is 5.64. The zero-order valence-electron chi connectivity index (χ0n) is 15.3. The summed E-state index contributed by atoms with van der Waals surface area (Å²) in [4.78, 5) is 40.4. The van der Waals surface area contributed by atoms with Gasteiger partial charge in [-0.15, -0.1) is 0 Å². The van der Waals surface area contributed by atoms with E-state index in [1.54, 1.807) is 16.8 Å². The number of carbonyl (C=O) groups is 1.